The molecule has 46 heavy (non-hydrogen) atoms. The number of carbonyl (C=O) groups excluding carboxylic acids is 2. The molecule has 0 bridgehead atoms. The van der Waals surface area contributed by atoms with Gasteiger partial charge in [0.15, 0.2) is 11.7 Å². The molecule has 1 fully saturated rings. The van der Waals surface area contributed by atoms with Gasteiger partial charge in [0, 0.05) is 34.6 Å². The van der Waals surface area contributed by atoms with Gasteiger partial charge >= 0.3 is 5.97 Å². The standard InChI is InChI=1S/C36H33N5O4S/c1-23-20-30(24(2)40(23)28-11-9-10-25(21-28)35(43)44-3)34-33(31-14-7-8-19-37-31)39-36(46)41(34)27-17-15-26(16-18-27)38-32(42)22-45-29-12-5-4-6-13-29/h4-21,33-34H,22H2,1-3H3,(H,38,42)(H,39,46)/t33-,34+/m0/s1. The van der Waals surface area contributed by atoms with Gasteiger partial charge in [-0.1, -0.05) is 30.3 Å². The molecule has 0 radical (unpaired) electrons. The van der Waals surface area contributed by atoms with E-state index in [0.717, 1.165) is 34.0 Å². The third kappa shape index (κ3) is 6.20. The average Bonchev–Trinajstić information content (AvgIpc) is 3.58. The molecule has 1 aliphatic rings. The highest BCUT2D eigenvalue weighted by atomic mass is 32.1. The molecule has 9 nitrogen and oxygen atoms in total. The van der Waals surface area contributed by atoms with Crippen LogP contribution in [0, 0.1) is 13.8 Å². The van der Waals surface area contributed by atoms with Gasteiger partial charge in [-0.3, -0.25) is 9.78 Å². The number of anilines is 2. The van der Waals surface area contributed by atoms with Gasteiger partial charge in [0.1, 0.15) is 5.75 Å². The zero-order valence-corrected chi connectivity index (χ0v) is 26.5. The minimum atomic E-state index is -0.389. The molecule has 232 valence electrons. The van der Waals surface area contributed by atoms with Crippen LogP contribution in [0.5, 0.6) is 5.75 Å². The first-order valence-electron chi connectivity index (χ1n) is 14.8. The van der Waals surface area contributed by atoms with E-state index in [0.29, 0.717) is 22.1 Å². The van der Waals surface area contributed by atoms with Crippen LogP contribution in [0.1, 0.15) is 45.1 Å². The Bertz CT molecular complexity index is 1880. The Balaban J connectivity index is 1.32. The minimum absolute atomic E-state index is 0.0993. The highest BCUT2D eigenvalue weighted by Gasteiger charge is 2.42. The van der Waals surface area contributed by atoms with Crippen LogP contribution in [-0.2, 0) is 9.53 Å². The summed E-state index contributed by atoms with van der Waals surface area (Å²) in [6.45, 7) is 4.01. The maximum atomic E-state index is 12.6. The highest BCUT2D eigenvalue weighted by molar-refractivity contribution is 7.80. The first-order chi connectivity index (χ1) is 22.3. The Hall–Kier alpha value is -5.48. The first kappa shape index (κ1) is 30.5. The number of hydrogen-bond acceptors (Lipinski definition) is 6. The lowest BCUT2D eigenvalue weighted by Gasteiger charge is -2.28. The van der Waals surface area contributed by atoms with Crippen molar-refractivity contribution in [3.8, 4) is 11.4 Å². The van der Waals surface area contributed by atoms with Crippen molar-refractivity contribution in [2.45, 2.75) is 25.9 Å². The smallest absolute Gasteiger partial charge is 0.337 e. The number of benzene rings is 3. The number of nitrogens with zero attached hydrogens (tertiary/aromatic N) is 3. The Morgan fingerprint density at radius 3 is 2.39 bits per heavy atom. The van der Waals surface area contributed by atoms with Crippen LogP contribution in [0.3, 0.4) is 0 Å². The van der Waals surface area contributed by atoms with Crippen molar-refractivity contribution in [2.75, 3.05) is 23.9 Å². The fraction of sp³-hybridized carbons (Fsp3) is 0.167. The summed E-state index contributed by atoms with van der Waals surface area (Å²) in [6.07, 6.45) is 1.78. The molecule has 3 aromatic carbocycles. The predicted octanol–water partition coefficient (Wildman–Crippen LogP) is 6.47. The van der Waals surface area contributed by atoms with Crippen molar-refractivity contribution in [3.05, 3.63) is 138 Å². The fourth-order valence-electron chi connectivity index (χ4n) is 5.89. The monoisotopic (exact) mass is 631 g/mol. The van der Waals surface area contributed by atoms with Gasteiger partial charge < -0.3 is 29.6 Å². The van der Waals surface area contributed by atoms with Crippen LogP contribution < -0.4 is 20.3 Å². The molecular formula is C36H33N5O4S. The molecule has 1 saturated heterocycles. The Morgan fingerprint density at radius 1 is 0.913 bits per heavy atom. The van der Waals surface area contributed by atoms with Crippen molar-refractivity contribution in [1.29, 1.82) is 0 Å². The number of ether oxygens (including phenoxy) is 2. The molecule has 5 aromatic rings. The molecule has 1 aliphatic heterocycles. The van der Waals surface area contributed by atoms with Crippen LogP contribution in [0.2, 0.25) is 0 Å². The summed E-state index contributed by atoms with van der Waals surface area (Å²) < 4.78 is 12.7. The number of nitrogens with one attached hydrogen (secondary N) is 2. The topological polar surface area (TPSA) is 97.7 Å². The second-order valence-electron chi connectivity index (χ2n) is 10.9. The average molecular weight is 632 g/mol. The summed E-state index contributed by atoms with van der Waals surface area (Å²) in [5.74, 6) is -0.0153. The van der Waals surface area contributed by atoms with E-state index in [1.54, 1.807) is 24.4 Å². The summed E-state index contributed by atoms with van der Waals surface area (Å²) in [5, 5.41) is 6.97. The normalized spacial score (nSPS) is 15.7. The zero-order valence-electron chi connectivity index (χ0n) is 25.6. The molecule has 2 atom stereocenters. The molecule has 2 aromatic heterocycles. The van der Waals surface area contributed by atoms with Gasteiger partial charge in [0.05, 0.1) is 30.5 Å². The van der Waals surface area contributed by atoms with Crippen LogP contribution in [0.15, 0.2) is 109 Å². The molecule has 0 spiro atoms. The van der Waals surface area contributed by atoms with Crippen LogP contribution in [-0.4, -0.2) is 40.3 Å². The molecule has 2 N–H and O–H groups in total. The third-order valence-corrected chi connectivity index (χ3v) is 8.27. The third-order valence-electron chi connectivity index (χ3n) is 7.95. The Kier molecular flexibility index (Phi) is 8.80. The molecule has 0 unspecified atom stereocenters. The predicted molar refractivity (Wildman–Crippen MR) is 182 cm³/mol. The number of amides is 1. The van der Waals surface area contributed by atoms with E-state index in [1.165, 1.54) is 7.11 Å². The Morgan fingerprint density at radius 2 is 1.67 bits per heavy atom. The summed E-state index contributed by atoms with van der Waals surface area (Å²) in [7, 11) is 1.38. The lowest BCUT2D eigenvalue weighted by molar-refractivity contribution is -0.118. The highest BCUT2D eigenvalue weighted by Crippen LogP contribution is 2.44. The van der Waals surface area contributed by atoms with Crippen molar-refractivity contribution in [2.24, 2.45) is 0 Å². The van der Waals surface area contributed by atoms with Crippen LogP contribution in [0.25, 0.3) is 5.69 Å². The molecule has 6 rings (SSSR count). The number of methoxy groups -OCH3 is 1. The number of carbonyl (C=O) groups is 2. The second kappa shape index (κ2) is 13.3. The fourth-order valence-corrected chi connectivity index (χ4v) is 6.24. The van der Waals surface area contributed by atoms with Crippen molar-refractivity contribution < 1.29 is 19.1 Å². The second-order valence-corrected chi connectivity index (χ2v) is 11.3. The molecule has 3 heterocycles. The number of hydrogen-bond donors (Lipinski definition) is 2. The van der Waals surface area contributed by atoms with Gasteiger partial charge in [0.2, 0.25) is 0 Å². The molecule has 10 heteroatoms. The first-order valence-corrected chi connectivity index (χ1v) is 15.2. The van der Waals surface area contributed by atoms with E-state index in [1.807, 2.05) is 85.8 Å². The lowest BCUT2D eigenvalue weighted by atomic mass is 9.96. The molecule has 1 amide bonds. The minimum Gasteiger partial charge on any atom is -0.484 e. The van der Waals surface area contributed by atoms with Gasteiger partial charge in [-0.25, -0.2) is 4.79 Å². The van der Waals surface area contributed by atoms with Gasteiger partial charge in [-0.05, 0) is 104 Å². The number of aryl methyl sites for hydroxylation is 1. The largest absolute Gasteiger partial charge is 0.484 e. The number of thiocarbonyl (C=S) groups is 1. The maximum Gasteiger partial charge on any atom is 0.337 e. The Labute approximate surface area is 272 Å². The van der Waals surface area contributed by atoms with E-state index >= 15 is 0 Å². The summed E-state index contributed by atoms with van der Waals surface area (Å²) in [6, 6.07) is 31.7. The summed E-state index contributed by atoms with van der Waals surface area (Å²) in [5.41, 5.74) is 6.75. The molecule has 0 saturated carbocycles. The van der Waals surface area contributed by atoms with Gasteiger partial charge in [-0.15, -0.1) is 0 Å². The van der Waals surface area contributed by atoms with Crippen LogP contribution in [0.4, 0.5) is 11.4 Å². The lowest BCUT2D eigenvalue weighted by Crippen LogP contribution is -2.29. The van der Waals surface area contributed by atoms with Crippen molar-refractivity contribution in [1.82, 2.24) is 14.9 Å². The number of pyridine rings is 1. The van der Waals surface area contributed by atoms with E-state index < -0.39 is 0 Å². The number of rotatable bonds is 9. The van der Waals surface area contributed by atoms with Crippen molar-refractivity contribution >= 4 is 40.6 Å². The van der Waals surface area contributed by atoms with E-state index in [9.17, 15) is 9.59 Å². The van der Waals surface area contributed by atoms with Crippen molar-refractivity contribution in [3.63, 3.8) is 0 Å². The number of esters is 1. The zero-order chi connectivity index (χ0) is 32.2. The quantitative estimate of drug-likeness (QED) is 0.141. The SMILES string of the molecule is COC(=O)c1cccc(-n2c(C)cc([C@@H]3[C@H](c4ccccn4)NC(=S)N3c3ccc(NC(=O)COc4ccccc4)cc3)c2C)c1. The number of aromatic nitrogens is 2. The summed E-state index contributed by atoms with van der Waals surface area (Å²) >= 11 is 5.94. The van der Waals surface area contributed by atoms with E-state index in [-0.39, 0.29) is 30.6 Å². The maximum absolute atomic E-state index is 12.6. The molecular weight excluding hydrogens is 598 g/mol. The van der Waals surface area contributed by atoms with E-state index in [2.05, 4.69) is 38.1 Å². The summed E-state index contributed by atoms with van der Waals surface area (Å²) in [4.78, 5) is 31.6. The molecule has 0 aliphatic carbocycles. The number of para-hydroxylation sites is 1. The van der Waals surface area contributed by atoms with Gasteiger partial charge in [0.25, 0.3) is 5.91 Å². The van der Waals surface area contributed by atoms with E-state index in [4.69, 9.17) is 21.7 Å². The van der Waals surface area contributed by atoms with Crippen LogP contribution >= 0.6 is 12.2 Å². The van der Waals surface area contributed by atoms with Gasteiger partial charge in [-0.2, -0.15) is 0 Å².